The Morgan fingerprint density at radius 1 is 0.750 bits per heavy atom. The van der Waals surface area contributed by atoms with Gasteiger partial charge in [-0.3, -0.25) is 0 Å². The monoisotopic (exact) mass is 364 g/mol. The van der Waals surface area contributed by atoms with E-state index in [4.69, 9.17) is 32.7 Å². The van der Waals surface area contributed by atoms with Crippen molar-refractivity contribution in [1.29, 1.82) is 0 Å². The van der Waals surface area contributed by atoms with Gasteiger partial charge in [-0.15, -0.1) is 0 Å². The van der Waals surface area contributed by atoms with Gasteiger partial charge in [-0.05, 0) is 24.3 Å². The number of hydrogen-bond donors (Lipinski definition) is 0. The van der Waals surface area contributed by atoms with Crippen LogP contribution in [0.25, 0.3) is 22.1 Å². The van der Waals surface area contributed by atoms with Crippen LogP contribution >= 0.6 is 23.2 Å². The normalized spacial score (nSPS) is 10.8. The largest absolute Gasteiger partial charge is 0.465 e. The van der Waals surface area contributed by atoms with Gasteiger partial charge < -0.3 is 9.47 Å². The average molecular weight is 365 g/mol. The van der Waals surface area contributed by atoms with Crippen LogP contribution in [0.2, 0.25) is 10.0 Å². The Balaban J connectivity index is 2.35. The van der Waals surface area contributed by atoms with E-state index in [0.717, 1.165) is 0 Å². The van der Waals surface area contributed by atoms with Crippen LogP contribution in [-0.4, -0.2) is 36.1 Å². The zero-order valence-electron chi connectivity index (χ0n) is 12.6. The molecule has 0 radical (unpaired) electrons. The summed E-state index contributed by atoms with van der Waals surface area (Å²) in [5.74, 6) is -1.35. The van der Waals surface area contributed by atoms with Crippen molar-refractivity contribution >= 4 is 57.2 Å². The molecule has 1 heterocycles. The highest BCUT2D eigenvalue weighted by Crippen LogP contribution is 2.28. The molecule has 0 fully saturated rings. The molecular formula is C16H10Cl2N2O4. The highest BCUT2D eigenvalue weighted by Gasteiger charge is 2.20. The van der Waals surface area contributed by atoms with Gasteiger partial charge in [0.2, 0.25) is 0 Å². The van der Waals surface area contributed by atoms with Crippen molar-refractivity contribution in [2.45, 2.75) is 0 Å². The fraction of sp³-hybridized carbons (Fsp3) is 0.125. The Morgan fingerprint density at radius 3 is 1.42 bits per heavy atom. The molecule has 0 atom stereocenters. The minimum atomic E-state index is -0.673. The van der Waals surface area contributed by atoms with E-state index in [2.05, 4.69) is 9.97 Å². The first-order valence-corrected chi connectivity index (χ1v) is 7.47. The van der Waals surface area contributed by atoms with Crippen LogP contribution in [0.4, 0.5) is 0 Å². The van der Waals surface area contributed by atoms with E-state index in [9.17, 15) is 9.59 Å². The molecule has 122 valence electrons. The summed E-state index contributed by atoms with van der Waals surface area (Å²) >= 11 is 12.0. The topological polar surface area (TPSA) is 78.4 Å². The number of methoxy groups -OCH3 is 2. The van der Waals surface area contributed by atoms with Gasteiger partial charge >= 0.3 is 11.9 Å². The van der Waals surface area contributed by atoms with Crippen LogP contribution in [-0.2, 0) is 9.47 Å². The van der Waals surface area contributed by atoms with E-state index in [0.29, 0.717) is 32.1 Å². The lowest BCUT2D eigenvalue weighted by molar-refractivity contribution is 0.0555. The predicted molar refractivity (Wildman–Crippen MR) is 89.7 cm³/mol. The highest BCUT2D eigenvalue weighted by molar-refractivity contribution is 6.42. The highest BCUT2D eigenvalue weighted by atomic mass is 35.5. The smallest absolute Gasteiger partial charge is 0.338 e. The van der Waals surface area contributed by atoms with Gasteiger partial charge in [-0.2, -0.15) is 0 Å². The van der Waals surface area contributed by atoms with Crippen LogP contribution < -0.4 is 0 Å². The third-order valence-corrected chi connectivity index (χ3v) is 4.15. The molecule has 24 heavy (non-hydrogen) atoms. The van der Waals surface area contributed by atoms with Crippen LogP contribution in [0, 0.1) is 0 Å². The van der Waals surface area contributed by atoms with Crippen molar-refractivity contribution in [3.8, 4) is 0 Å². The molecule has 8 heteroatoms. The molecule has 0 amide bonds. The number of benzene rings is 2. The molecular weight excluding hydrogens is 355 g/mol. The summed E-state index contributed by atoms with van der Waals surface area (Å²) in [6.45, 7) is 0. The van der Waals surface area contributed by atoms with Crippen LogP contribution in [0.3, 0.4) is 0 Å². The summed E-state index contributed by atoms with van der Waals surface area (Å²) in [6.07, 6.45) is 0. The number of fused-ring (bicyclic) bond motifs is 2. The van der Waals surface area contributed by atoms with Crippen molar-refractivity contribution in [1.82, 2.24) is 9.97 Å². The second-order valence-electron chi connectivity index (χ2n) is 4.85. The molecule has 0 saturated heterocycles. The number of esters is 2. The van der Waals surface area contributed by atoms with E-state index < -0.39 is 11.9 Å². The molecule has 2 aromatic carbocycles. The molecule has 0 spiro atoms. The Morgan fingerprint density at radius 2 is 1.08 bits per heavy atom. The molecule has 0 N–H and O–H groups in total. The lowest BCUT2D eigenvalue weighted by Gasteiger charge is -2.09. The summed E-state index contributed by atoms with van der Waals surface area (Å²) in [5.41, 5.74) is 1.94. The second kappa shape index (κ2) is 6.22. The van der Waals surface area contributed by atoms with Crippen LogP contribution in [0.15, 0.2) is 24.3 Å². The molecule has 3 aromatic rings. The number of carbonyl (C=O) groups excluding carboxylic acids is 2. The molecule has 0 aliphatic heterocycles. The van der Waals surface area contributed by atoms with E-state index >= 15 is 0 Å². The van der Waals surface area contributed by atoms with Crippen molar-refractivity contribution in [3.63, 3.8) is 0 Å². The predicted octanol–water partition coefficient (Wildman–Crippen LogP) is 3.66. The maximum Gasteiger partial charge on any atom is 0.338 e. The quantitative estimate of drug-likeness (QED) is 0.509. The summed E-state index contributed by atoms with van der Waals surface area (Å²) in [7, 11) is 2.45. The summed E-state index contributed by atoms with van der Waals surface area (Å²) in [4.78, 5) is 32.7. The Labute approximate surface area is 146 Å². The number of halogens is 2. The van der Waals surface area contributed by atoms with Crippen molar-refractivity contribution < 1.29 is 19.1 Å². The van der Waals surface area contributed by atoms with E-state index in [1.807, 2.05) is 0 Å². The van der Waals surface area contributed by atoms with Gasteiger partial charge in [0.05, 0.1) is 57.5 Å². The molecule has 0 unspecified atom stereocenters. The summed E-state index contributed by atoms with van der Waals surface area (Å²) in [5, 5.41) is 0.689. The third-order valence-electron chi connectivity index (χ3n) is 3.42. The maximum atomic E-state index is 11.9. The number of nitrogens with zero attached hydrogens (tertiary/aromatic N) is 2. The first kappa shape index (κ1) is 16.4. The van der Waals surface area contributed by atoms with E-state index in [1.165, 1.54) is 26.4 Å². The molecule has 0 saturated carbocycles. The third kappa shape index (κ3) is 2.74. The summed E-state index contributed by atoms with van der Waals surface area (Å²) < 4.78 is 9.42. The van der Waals surface area contributed by atoms with Crippen molar-refractivity contribution in [2.24, 2.45) is 0 Å². The van der Waals surface area contributed by atoms with Gasteiger partial charge in [0, 0.05) is 0 Å². The maximum absolute atomic E-state index is 11.9. The number of rotatable bonds is 2. The van der Waals surface area contributed by atoms with E-state index in [1.54, 1.807) is 12.1 Å². The average Bonchev–Trinajstić information content (AvgIpc) is 2.58. The Bertz CT molecular complexity index is 924. The molecule has 1 aromatic heterocycles. The molecule has 0 aliphatic rings. The minimum absolute atomic E-state index is 0.0468. The standard InChI is InChI=1S/C16H10Cl2N2O4/c1-23-15(21)7-3-11-12(4-8(7)16(22)24-2)20-14-6-10(18)9(17)5-13(14)19-11/h3-6H,1-2H3. The van der Waals surface area contributed by atoms with E-state index in [-0.39, 0.29) is 11.1 Å². The molecule has 0 bridgehead atoms. The second-order valence-corrected chi connectivity index (χ2v) is 5.66. The van der Waals surface area contributed by atoms with Gasteiger partial charge in [0.1, 0.15) is 0 Å². The first-order chi connectivity index (χ1) is 11.4. The van der Waals surface area contributed by atoms with Gasteiger partial charge in [0.15, 0.2) is 0 Å². The number of carbonyl (C=O) groups is 2. The Kier molecular flexibility index (Phi) is 4.26. The fourth-order valence-corrected chi connectivity index (χ4v) is 2.59. The fourth-order valence-electron chi connectivity index (χ4n) is 2.28. The molecule has 3 rings (SSSR count). The van der Waals surface area contributed by atoms with Crippen LogP contribution in [0.1, 0.15) is 20.7 Å². The SMILES string of the molecule is COC(=O)c1cc2nc3cc(Cl)c(Cl)cc3nc2cc1C(=O)OC. The van der Waals surface area contributed by atoms with Crippen molar-refractivity contribution in [3.05, 3.63) is 45.4 Å². The lowest BCUT2D eigenvalue weighted by Crippen LogP contribution is -2.12. The Hall–Kier alpha value is -2.44. The van der Waals surface area contributed by atoms with Gasteiger partial charge in [-0.1, -0.05) is 23.2 Å². The zero-order valence-corrected chi connectivity index (χ0v) is 14.1. The number of ether oxygens (including phenoxy) is 2. The first-order valence-electron chi connectivity index (χ1n) is 6.71. The number of aromatic nitrogens is 2. The summed E-state index contributed by atoms with van der Waals surface area (Å²) in [6, 6.07) is 6.03. The van der Waals surface area contributed by atoms with Crippen LogP contribution in [0.5, 0.6) is 0 Å². The molecule has 6 nitrogen and oxygen atoms in total. The minimum Gasteiger partial charge on any atom is -0.465 e. The zero-order chi connectivity index (χ0) is 17.4. The lowest BCUT2D eigenvalue weighted by atomic mass is 10.1. The molecule has 0 aliphatic carbocycles. The number of hydrogen-bond acceptors (Lipinski definition) is 6. The van der Waals surface area contributed by atoms with Gasteiger partial charge in [0.25, 0.3) is 0 Å². The van der Waals surface area contributed by atoms with Crippen molar-refractivity contribution in [2.75, 3.05) is 14.2 Å². The van der Waals surface area contributed by atoms with Gasteiger partial charge in [-0.25, -0.2) is 19.6 Å².